The fourth-order valence-electron chi connectivity index (χ4n) is 3.56. The van der Waals surface area contributed by atoms with E-state index in [-0.39, 0.29) is 17.4 Å². The summed E-state index contributed by atoms with van der Waals surface area (Å²) in [5.41, 5.74) is 7.99. The van der Waals surface area contributed by atoms with Gasteiger partial charge in [-0.15, -0.1) is 0 Å². The molecule has 9 nitrogen and oxygen atoms in total. The number of rotatable bonds is 10. The third-order valence-electron chi connectivity index (χ3n) is 5.61. The Labute approximate surface area is 214 Å². The summed E-state index contributed by atoms with van der Waals surface area (Å²) >= 11 is 0. The van der Waals surface area contributed by atoms with Crippen LogP contribution >= 0.6 is 0 Å². The molecule has 9 heteroatoms. The topological polar surface area (TPSA) is 137 Å². The third kappa shape index (κ3) is 10.3. The quantitative estimate of drug-likeness (QED) is 0.226. The fraction of sp³-hybridized carbons (Fsp3) is 0.481. The lowest BCUT2D eigenvalue weighted by molar-refractivity contribution is -0.142. The highest BCUT2D eigenvalue weighted by molar-refractivity contribution is 6.10. The first-order valence-corrected chi connectivity index (χ1v) is 12.1. The van der Waals surface area contributed by atoms with Gasteiger partial charge >= 0.3 is 5.97 Å². The Hall–Kier alpha value is -3.62. The van der Waals surface area contributed by atoms with E-state index in [2.05, 4.69) is 28.3 Å². The number of Topliss-reactive ketones (excluding diaryl/α,β-unsaturated/α-hetero) is 1. The molecule has 1 saturated carbocycles. The number of nitrogens with zero attached hydrogens (tertiary/aromatic N) is 2. The van der Waals surface area contributed by atoms with Gasteiger partial charge in [-0.05, 0) is 57.3 Å². The summed E-state index contributed by atoms with van der Waals surface area (Å²) in [5.74, 6) is 0.521. The number of nitrogens with two attached hydrogens (primary N) is 1. The number of nitrogens with one attached hydrogen (secondary N) is 1. The summed E-state index contributed by atoms with van der Waals surface area (Å²) in [6.07, 6.45) is 14.6. The molecule has 0 atom stereocenters. The minimum absolute atomic E-state index is 0.0289. The zero-order chi connectivity index (χ0) is 27.1. The Kier molecular flexibility index (Phi) is 13.6. The number of aromatic nitrogens is 2. The zero-order valence-corrected chi connectivity index (χ0v) is 22.3. The number of hydrogen-bond acceptors (Lipinski definition) is 8. The second-order valence-corrected chi connectivity index (χ2v) is 8.51. The van der Waals surface area contributed by atoms with Crippen LogP contribution in [-0.2, 0) is 14.3 Å². The average molecular weight is 501 g/mol. The molecule has 1 fully saturated rings. The lowest BCUT2D eigenvalue weighted by Crippen LogP contribution is -2.18. The van der Waals surface area contributed by atoms with E-state index in [1.807, 2.05) is 6.92 Å². The van der Waals surface area contributed by atoms with Crippen LogP contribution in [0, 0.1) is 5.92 Å². The number of ether oxygens (including phenoxy) is 2. The highest BCUT2D eigenvalue weighted by Gasteiger charge is 2.19. The van der Waals surface area contributed by atoms with E-state index < -0.39 is 5.97 Å². The van der Waals surface area contributed by atoms with Gasteiger partial charge in [-0.1, -0.05) is 38.3 Å². The third-order valence-corrected chi connectivity index (χ3v) is 5.61. The lowest BCUT2D eigenvalue weighted by Gasteiger charge is -2.16. The van der Waals surface area contributed by atoms with Gasteiger partial charge in [0, 0.05) is 5.70 Å². The number of carboxylic acid groups (broad SMARTS) is 1. The van der Waals surface area contributed by atoms with E-state index in [1.54, 1.807) is 33.1 Å². The molecule has 0 aliphatic heterocycles. The van der Waals surface area contributed by atoms with Crippen molar-refractivity contribution in [2.24, 2.45) is 11.7 Å². The Morgan fingerprint density at radius 2 is 1.78 bits per heavy atom. The van der Waals surface area contributed by atoms with Crippen LogP contribution < -0.4 is 15.8 Å². The minimum Gasteiger partial charge on any atom is -0.497 e. The SMILES string of the molecule is CC/C=C(C)/C(=C\C=C(/C)C(=O)/C(Nc1cncc(OC)n1)=C(/C)N)OC.O=C(O)C1CCCCC1. The first-order chi connectivity index (χ1) is 17.1. The number of allylic oxidation sites excluding steroid dienone is 6. The number of hydrogen-bond donors (Lipinski definition) is 3. The highest BCUT2D eigenvalue weighted by Crippen LogP contribution is 2.23. The van der Waals surface area contributed by atoms with E-state index in [0.29, 0.717) is 28.7 Å². The molecular formula is C27H40N4O5. The molecule has 0 unspecified atom stereocenters. The minimum atomic E-state index is -0.602. The van der Waals surface area contributed by atoms with Crippen molar-refractivity contribution in [1.29, 1.82) is 0 Å². The maximum absolute atomic E-state index is 12.8. The Morgan fingerprint density at radius 1 is 1.11 bits per heavy atom. The molecule has 1 aliphatic rings. The van der Waals surface area contributed by atoms with Crippen LogP contribution in [0.25, 0.3) is 0 Å². The molecular weight excluding hydrogens is 460 g/mol. The fourth-order valence-corrected chi connectivity index (χ4v) is 3.56. The van der Waals surface area contributed by atoms with Gasteiger partial charge in [-0.25, -0.2) is 0 Å². The molecule has 1 aromatic heterocycles. The monoisotopic (exact) mass is 500 g/mol. The number of carbonyl (C=O) groups excluding carboxylic acids is 1. The number of anilines is 1. The Morgan fingerprint density at radius 3 is 2.28 bits per heavy atom. The van der Waals surface area contributed by atoms with Crippen molar-refractivity contribution in [2.45, 2.75) is 66.2 Å². The first-order valence-electron chi connectivity index (χ1n) is 12.1. The van der Waals surface area contributed by atoms with E-state index in [0.717, 1.165) is 37.7 Å². The van der Waals surface area contributed by atoms with Gasteiger partial charge in [0.25, 0.3) is 0 Å². The molecule has 1 aromatic rings. The van der Waals surface area contributed by atoms with Gasteiger partial charge < -0.3 is 25.6 Å². The number of methoxy groups -OCH3 is 2. The van der Waals surface area contributed by atoms with E-state index >= 15 is 0 Å². The first kappa shape index (κ1) is 30.4. The van der Waals surface area contributed by atoms with Crippen molar-refractivity contribution in [2.75, 3.05) is 19.5 Å². The van der Waals surface area contributed by atoms with E-state index in [4.69, 9.17) is 20.3 Å². The normalized spacial score (nSPS) is 15.8. The van der Waals surface area contributed by atoms with Crippen molar-refractivity contribution in [3.8, 4) is 5.88 Å². The highest BCUT2D eigenvalue weighted by atomic mass is 16.5. The van der Waals surface area contributed by atoms with Gasteiger partial charge in [0.2, 0.25) is 11.7 Å². The van der Waals surface area contributed by atoms with Crippen LogP contribution in [0.1, 0.15) is 66.2 Å². The summed E-state index contributed by atoms with van der Waals surface area (Å²) in [6.45, 7) is 7.37. The van der Waals surface area contributed by atoms with Crippen molar-refractivity contribution < 1.29 is 24.2 Å². The van der Waals surface area contributed by atoms with E-state index in [9.17, 15) is 9.59 Å². The number of ketones is 1. The molecule has 4 N–H and O–H groups in total. The molecule has 0 saturated heterocycles. The van der Waals surface area contributed by atoms with Crippen LogP contribution in [0.5, 0.6) is 5.88 Å². The molecule has 36 heavy (non-hydrogen) atoms. The standard InChI is InChI=1S/C20H28N4O3.C7H12O2/c1-7-8-13(2)16(26-5)10-9-14(3)20(25)19(15(4)21)24-17-11-22-12-18(23-17)27-6;8-7(9)6-4-2-1-3-5-6/h8-12H,7,21H2,1-6H3,(H,23,24);6H,1-5H2,(H,8,9)/b13-8+,14-9+,16-10+,19-15+;. The summed E-state index contributed by atoms with van der Waals surface area (Å²) in [4.78, 5) is 31.4. The summed E-state index contributed by atoms with van der Waals surface area (Å²) in [7, 11) is 3.09. The van der Waals surface area contributed by atoms with Crippen LogP contribution in [0.3, 0.4) is 0 Å². The maximum Gasteiger partial charge on any atom is 0.306 e. The summed E-state index contributed by atoms with van der Waals surface area (Å²) in [5, 5.41) is 11.5. The predicted octanol–water partition coefficient (Wildman–Crippen LogP) is 5.14. The molecule has 0 radical (unpaired) electrons. The number of carboxylic acids is 1. The van der Waals surface area contributed by atoms with Gasteiger partial charge in [0.05, 0.1) is 32.5 Å². The maximum atomic E-state index is 12.8. The predicted molar refractivity (Wildman–Crippen MR) is 141 cm³/mol. The van der Waals surface area contributed by atoms with Gasteiger partial charge in [-0.3, -0.25) is 14.6 Å². The van der Waals surface area contributed by atoms with Gasteiger partial charge in [-0.2, -0.15) is 4.98 Å². The number of carbonyl (C=O) groups is 2. The second-order valence-electron chi connectivity index (χ2n) is 8.51. The molecule has 1 aliphatic carbocycles. The molecule has 0 spiro atoms. The van der Waals surface area contributed by atoms with Crippen LogP contribution in [0.2, 0.25) is 0 Å². The molecule has 2 rings (SSSR count). The Bertz CT molecular complexity index is 1000. The average Bonchev–Trinajstić information content (AvgIpc) is 2.88. The Balaban J connectivity index is 0.000000600. The molecule has 198 valence electrons. The van der Waals surface area contributed by atoms with Crippen LogP contribution in [0.4, 0.5) is 5.82 Å². The van der Waals surface area contributed by atoms with Gasteiger partial charge in [0.1, 0.15) is 11.5 Å². The van der Waals surface area contributed by atoms with Crippen molar-refractivity contribution >= 4 is 17.6 Å². The zero-order valence-electron chi connectivity index (χ0n) is 22.3. The molecule has 0 aromatic carbocycles. The van der Waals surface area contributed by atoms with Crippen LogP contribution in [0.15, 0.2) is 58.9 Å². The second kappa shape index (κ2) is 16.1. The van der Waals surface area contributed by atoms with Gasteiger partial charge in [0.15, 0.2) is 5.82 Å². The summed E-state index contributed by atoms with van der Waals surface area (Å²) in [6, 6.07) is 0. The van der Waals surface area contributed by atoms with Crippen molar-refractivity contribution in [3.63, 3.8) is 0 Å². The number of aliphatic carboxylic acids is 1. The van der Waals surface area contributed by atoms with Crippen LogP contribution in [-0.4, -0.2) is 41.0 Å². The molecule has 0 amide bonds. The van der Waals surface area contributed by atoms with E-state index in [1.165, 1.54) is 25.9 Å². The van der Waals surface area contributed by atoms with Crippen molar-refractivity contribution in [1.82, 2.24) is 9.97 Å². The summed E-state index contributed by atoms with van der Waals surface area (Å²) < 4.78 is 10.4. The smallest absolute Gasteiger partial charge is 0.306 e. The lowest BCUT2D eigenvalue weighted by atomic mass is 9.90. The molecule has 1 heterocycles. The largest absolute Gasteiger partial charge is 0.497 e. The molecule has 0 bridgehead atoms. The van der Waals surface area contributed by atoms with Crippen molar-refractivity contribution in [3.05, 3.63) is 58.9 Å².